The van der Waals surface area contributed by atoms with Crippen molar-refractivity contribution in [2.24, 2.45) is 0 Å². The van der Waals surface area contributed by atoms with Crippen molar-refractivity contribution in [2.45, 2.75) is 13.2 Å². The van der Waals surface area contributed by atoms with Gasteiger partial charge in [-0.3, -0.25) is 4.79 Å². The van der Waals surface area contributed by atoms with Gasteiger partial charge in [0.15, 0.2) is 5.82 Å². The second-order valence-electron chi connectivity index (χ2n) is 6.50. The van der Waals surface area contributed by atoms with Crippen LogP contribution >= 0.6 is 11.6 Å². The quantitative estimate of drug-likeness (QED) is 0.436. The predicted octanol–water partition coefficient (Wildman–Crippen LogP) is 5.36. The Morgan fingerprint density at radius 2 is 1.90 bits per heavy atom. The molecule has 6 nitrogen and oxygen atoms in total. The zero-order chi connectivity index (χ0) is 20.8. The molecule has 4 aromatic rings. The lowest BCUT2D eigenvalue weighted by Crippen LogP contribution is -2.14. The minimum absolute atomic E-state index is 0.273. The van der Waals surface area contributed by atoms with Gasteiger partial charge in [0.2, 0.25) is 0 Å². The molecule has 30 heavy (non-hydrogen) atoms. The van der Waals surface area contributed by atoms with Crippen LogP contribution in [-0.2, 0) is 18.0 Å². The first-order valence-corrected chi connectivity index (χ1v) is 9.64. The van der Waals surface area contributed by atoms with Crippen LogP contribution < -0.4 is 5.32 Å². The summed E-state index contributed by atoms with van der Waals surface area (Å²) in [6, 6.07) is 19.9. The summed E-state index contributed by atoms with van der Waals surface area (Å²) >= 11 is 5.92. The van der Waals surface area contributed by atoms with Crippen LogP contribution in [0.1, 0.15) is 21.8 Å². The van der Waals surface area contributed by atoms with Crippen LogP contribution in [-0.4, -0.2) is 15.9 Å². The number of aromatic nitrogens is 2. The third-order valence-electron chi connectivity index (χ3n) is 4.27. The average Bonchev–Trinajstić information content (AvgIpc) is 3.28. The lowest BCUT2D eigenvalue weighted by molar-refractivity contribution is 0.0929. The zero-order valence-corrected chi connectivity index (χ0v) is 16.7. The van der Waals surface area contributed by atoms with Crippen LogP contribution in [0.15, 0.2) is 83.6 Å². The summed E-state index contributed by atoms with van der Waals surface area (Å²) in [6.07, 6.45) is 3.17. The smallest absolute Gasteiger partial charge is 0.274 e. The summed E-state index contributed by atoms with van der Waals surface area (Å²) < 4.78 is 10.9. The van der Waals surface area contributed by atoms with Crippen LogP contribution in [0.3, 0.4) is 0 Å². The molecule has 7 heteroatoms. The normalized spacial score (nSPS) is 10.7. The Balaban J connectivity index is 1.41. The van der Waals surface area contributed by atoms with Gasteiger partial charge in [0.25, 0.3) is 5.91 Å². The molecule has 0 saturated carbocycles. The largest absolute Gasteiger partial charge is 0.467 e. The van der Waals surface area contributed by atoms with E-state index in [1.807, 2.05) is 48.5 Å². The SMILES string of the molecule is O=C(Nc1cccc(COCc2ccco2)c1)c1ccnc(-c2ccc(Cl)cc2)n1. The fourth-order valence-corrected chi connectivity index (χ4v) is 2.95. The Morgan fingerprint density at radius 1 is 1.03 bits per heavy atom. The third-order valence-corrected chi connectivity index (χ3v) is 4.52. The lowest BCUT2D eigenvalue weighted by Gasteiger charge is -2.08. The van der Waals surface area contributed by atoms with Crippen molar-refractivity contribution in [3.05, 3.63) is 101 Å². The van der Waals surface area contributed by atoms with Gasteiger partial charge < -0.3 is 14.5 Å². The van der Waals surface area contributed by atoms with E-state index >= 15 is 0 Å². The number of amides is 1. The van der Waals surface area contributed by atoms with E-state index in [0.29, 0.717) is 29.7 Å². The van der Waals surface area contributed by atoms with Crippen molar-refractivity contribution in [3.63, 3.8) is 0 Å². The molecule has 0 aliphatic carbocycles. The molecule has 4 rings (SSSR count). The Morgan fingerprint density at radius 3 is 2.70 bits per heavy atom. The van der Waals surface area contributed by atoms with E-state index < -0.39 is 0 Å². The summed E-state index contributed by atoms with van der Waals surface area (Å²) in [4.78, 5) is 21.3. The van der Waals surface area contributed by atoms with Gasteiger partial charge in [0, 0.05) is 22.5 Å². The number of carbonyl (C=O) groups excluding carboxylic acids is 1. The molecule has 2 aromatic carbocycles. The molecular weight excluding hydrogens is 402 g/mol. The topological polar surface area (TPSA) is 77.2 Å². The number of carbonyl (C=O) groups is 1. The molecule has 2 aromatic heterocycles. The first-order chi connectivity index (χ1) is 14.7. The van der Waals surface area contributed by atoms with Crippen LogP contribution in [0.25, 0.3) is 11.4 Å². The number of ether oxygens (including phenoxy) is 1. The van der Waals surface area contributed by atoms with Gasteiger partial charge >= 0.3 is 0 Å². The molecule has 2 heterocycles. The fraction of sp³-hybridized carbons (Fsp3) is 0.0870. The molecular formula is C23H18ClN3O3. The van der Waals surface area contributed by atoms with E-state index in [-0.39, 0.29) is 11.6 Å². The summed E-state index contributed by atoms with van der Waals surface area (Å²) in [5.41, 5.74) is 2.65. The number of nitrogens with zero attached hydrogens (tertiary/aromatic N) is 2. The molecule has 0 aliphatic rings. The van der Waals surface area contributed by atoms with E-state index in [0.717, 1.165) is 16.9 Å². The third kappa shape index (κ3) is 5.11. The van der Waals surface area contributed by atoms with Crippen molar-refractivity contribution in [3.8, 4) is 11.4 Å². The Kier molecular flexibility index (Phi) is 6.17. The maximum absolute atomic E-state index is 12.7. The minimum Gasteiger partial charge on any atom is -0.467 e. The van der Waals surface area contributed by atoms with Crippen molar-refractivity contribution >= 4 is 23.2 Å². The van der Waals surface area contributed by atoms with Crippen LogP contribution in [0.5, 0.6) is 0 Å². The fourth-order valence-electron chi connectivity index (χ4n) is 2.82. The monoisotopic (exact) mass is 419 g/mol. The first kappa shape index (κ1) is 19.8. The number of hydrogen-bond donors (Lipinski definition) is 1. The summed E-state index contributed by atoms with van der Waals surface area (Å²) in [6.45, 7) is 0.788. The van der Waals surface area contributed by atoms with Crippen molar-refractivity contribution in [2.75, 3.05) is 5.32 Å². The van der Waals surface area contributed by atoms with E-state index in [9.17, 15) is 4.79 Å². The van der Waals surface area contributed by atoms with Crippen molar-refractivity contribution in [1.82, 2.24) is 9.97 Å². The number of furan rings is 1. The number of benzene rings is 2. The molecule has 0 fully saturated rings. The van der Waals surface area contributed by atoms with E-state index in [1.54, 1.807) is 30.7 Å². The van der Waals surface area contributed by atoms with Gasteiger partial charge in [-0.2, -0.15) is 0 Å². The number of anilines is 1. The van der Waals surface area contributed by atoms with E-state index in [1.165, 1.54) is 0 Å². The highest BCUT2D eigenvalue weighted by Crippen LogP contribution is 2.19. The zero-order valence-electron chi connectivity index (χ0n) is 15.9. The van der Waals surface area contributed by atoms with Crippen molar-refractivity contribution < 1.29 is 13.9 Å². The number of rotatable bonds is 7. The van der Waals surface area contributed by atoms with Crippen LogP contribution in [0.2, 0.25) is 5.02 Å². The molecule has 1 amide bonds. The molecule has 0 atom stereocenters. The standard InChI is InChI=1S/C23H18ClN3O3/c24-18-8-6-17(7-9-18)22-25-11-10-21(27-22)23(28)26-19-4-1-3-16(13-19)14-29-15-20-5-2-12-30-20/h1-13H,14-15H2,(H,26,28). The van der Waals surface area contributed by atoms with Gasteiger partial charge in [-0.15, -0.1) is 0 Å². The molecule has 0 radical (unpaired) electrons. The first-order valence-electron chi connectivity index (χ1n) is 9.27. The van der Waals surface area contributed by atoms with E-state index in [4.69, 9.17) is 20.8 Å². The average molecular weight is 420 g/mol. The molecule has 0 bridgehead atoms. The number of hydrogen-bond acceptors (Lipinski definition) is 5. The molecule has 0 saturated heterocycles. The second-order valence-corrected chi connectivity index (χ2v) is 6.94. The highest BCUT2D eigenvalue weighted by atomic mass is 35.5. The minimum atomic E-state index is -0.318. The van der Waals surface area contributed by atoms with Gasteiger partial charge in [0.1, 0.15) is 18.1 Å². The highest BCUT2D eigenvalue weighted by molar-refractivity contribution is 6.30. The molecule has 1 N–H and O–H groups in total. The van der Waals surface area contributed by atoms with Crippen molar-refractivity contribution in [1.29, 1.82) is 0 Å². The predicted molar refractivity (Wildman–Crippen MR) is 114 cm³/mol. The van der Waals surface area contributed by atoms with Gasteiger partial charge in [-0.25, -0.2) is 9.97 Å². The Hall–Kier alpha value is -3.48. The van der Waals surface area contributed by atoms with Gasteiger partial charge in [-0.05, 0) is 60.2 Å². The molecule has 0 aliphatic heterocycles. The molecule has 150 valence electrons. The summed E-state index contributed by atoms with van der Waals surface area (Å²) in [5.74, 6) is 0.903. The molecule has 0 spiro atoms. The van der Waals surface area contributed by atoms with Gasteiger partial charge in [0.05, 0.1) is 12.9 Å². The maximum atomic E-state index is 12.7. The summed E-state index contributed by atoms with van der Waals surface area (Å²) in [7, 11) is 0. The van der Waals surface area contributed by atoms with E-state index in [2.05, 4.69) is 15.3 Å². The highest BCUT2D eigenvalue weighted by Gasteiger charge is 2.11. The Bertz CT molecular complexity index is 1130. The number of halogens is 1. The maximum Gasteiger partial charge on any atom is 0.274 e. The second kappa shape index (κ2) is 9.35. The lowest BCUT2D eigenvalue weighted by atomic mass is 10.2. The molecule has 0 unspecified atom stereocenters. The summed E-state index contributed by atoms with van der Waals surface area (Å²) in [5, 5.41) is 3.49. The Labute approximate surface area is 178 Å². The van der Waals surface area contributed by atoms with Gasteiger partial charge in [-0.1, -0.05) is 23.7 Å². The number of nitrogens with one attached hydrogen (secondary N) is 1. The van der Waals surface area contributed by atoms with Crippen LogP contribution in [0, 0.1) is 0 Å². The van der Waals surface area contributed by atoms with Crippen LogP contribution in [0.4, 0.5) is 5.69 Å².